The smallest absolute Gasteiger partial charge is 0.224 e. The fraction of sp³-hybridized carbons (Fsp3) is 0.682. The second kappa shape index (κ2) is 11.0. The predicted octanol–water partition coefficient (Wildman–Crippen LogP) is 4.46. The van der Waals surface area contributed by atoms with Crippen LogP contribution in [0.4, 0.5) is 5.69 Å². The lowest BCUT2D eigenvalue weighted by molar-refractivity contribution is -0.118. The Bertz CT molecular complexity index is 626. The summed E-state index contributed by atoms with van der Waals surface area (Å²) in [5.74, 6) is 1.46. The van der Waals surface area contributed by atoms with Gasteiger partial charge in [0.2, 0.25) is 5.91 Å². The van der Waals surface area contributed by atoms with E-state index in [1.807, 2.05) is 25.1 Å². The van der Waals surface area contributed by atoms with E-state index in [9.17, 15) is 4.79 Å². The molecule has 1 aromatic rings. The third-order valence-electron chi connectivity index (χ3n) is 6.17. The Morgan fingerprint density at radius 1 is 1.25 bits per heavy atom. The molecule has 0 aromatic heterocycles. The van der Waals surface area contributed by atoms with Gasteiger partial charge < -0.3 is 20.5 Å². The number of aryl methyl sites for hydroxylation is 1. The van der Waals surface area contributed by atoms with Crippen molar-refractivity contribution < 1.29 is 14.3 Å². The molecule has 0 atom stereocenters. The fourth-order valence-electron chi connectivity index (χ4n) is 4.25. The van der Waals surface area contributed by atoms with Gasteiger partial charge in [0.05, 0.1) is 6.61 Å². The Morgan fingerprint density at radius 3 is 2.64 bits per heavy atom. The van der Waals surface area contributed by atoms with E-state index in [-0.39, 0.29) is 23.7 Å². The first kappa shape index (κ1) is 23.0. The maximum Gasteiger partial charge on any atom is 0.224 e. The number of ether oxygens (including phenoxy) is 2. The molecule has 2 aliphatic rings. The molecule has 28 heavy (non-hydrogen) atoms. The minimum Gasteiger partial charge on any atom is -0.493 e. The van der Waals surface area contributed by atoms with Gasteiger partial charge in [0, 0.05) is 31.4 Å². The number of halogens is 1. The van der Waals surface area contributed by atoms with Crippen LogP contribution in [0, 0.1) is 18.3 Å². The zero-order chi connectivity index (χ0) is 19.1. The van der Waals surface area contributed by atoms with Crippen molar-refractivity contribution in [1.29, 1.82) is 0 Å². The lowest BCUT2D eigenvalue weighted by Gasteiger charge is -2.35. The van der Waals surface area contributed by atoms with Crippen LogP contribution in [-0.4, -0.2) is 32.3 Å². The lowest BCUT2D eigenvalue weighted by atomic mass is 9.71. The van der Waals surface area contributed by atoms with Crippen molar-refractivity contribution in [3.8, 4) is 5.75 Å². The summed E-state index contributed by atoms with van der Waals surface area (Å²) in [7, 11) is 0. The number of anilines is 1. The minimum atomic E-state index is -0.0184. The fourth-order valence-corrected chi connectivity index (χ4v) is 4.25. The molecule has 3 rings (SSSR count). The van der Waals surface area contributed by atoms with E-state index in [0.717, 1.165) is 55.9 Å². The molecule has 0 bridgehead atoms. The predicted molar refractivity (Wildman–Crippen MR) is 115 cm³/mol. The molecule has 0 radical (unpaired) electrons. The number of amides is 1. The summed E-state index contributed by atoms with van der Waals surface area (Å²) in [6, 6.07) is 5.90. The number of benzene rings is 1. The highest BCUT2D eigenvalue weighted by Crippen LogP contribution is 2.38. The van der Waals surface area contributed by atoms with Gasteiger partial charge in [0.15, 0.2) is 0 Å². The van der Waals surface area contributed by atoms with Crippen LogP contribution in [0.5, 0.6) is 5.75 Å². The molecule has 0 unspecified atom stereocenters. The first-order valence-corrected chi connectivity index (χ1v) is 10.4. The second-order valence-corrected chi connectivity index (χ2v) is 8.34. The number of nitrogens with one attached hydrogen (secondary N) is 1. The van der Waals surface area contributed by atoms with Gasteiger partial charge in [-0.1, -0.05) is 25.3 Å². The summed E-state index contributed by atoms with van der Waals surface area (Å²) in [5, 5.41) is 3.06. The maximum absolute atomic E-state index is 12.6. The van der Waals surface area contributed by atoms with Gasteiger partial charge in [-0.15, -0.1) is 12.4 Å². The number of hydrogen-bond acceptors (Lipinski definition) is 4. The van der Waals surface area contributed by atoms with Gasteiger partial charge in [-0.3, -0.25) is 4.79 Å². The molecule has 1 saturated carbocycles. The molecule has 3 N–H and O–H groups in total. The SMILES string of the molecule is Cc1ccc(NC(=O)CC2(CN)CCCCC2)cc1OCC1CCOCC1.Cl. The van der Waals surface area contributed by atoms with Crippen LogP contribution in [0.25, 0.3) is 0 Å². The average Bonchev–Trinajstić information content (AvgIpc) is 2.70. The largest absolute Gasteiger partial charge is 0.493 e. The Hall–Kier alpha value is -1.30. The molecule has 1 amide bonds. The average molecular weight is 411 g/mol. The van der Waals surface area contributed by atoms with Crippen molar-refractivity contribution >= 4 is 24.0 Å². The van der Waals surface area contributed by atoms with Crippen molar-refractivity contribution in [1.82, 2.24) is 0 Å². The Kier molecular flexibility index (Phi) is 9.06. The number of rotatable bonds is 7. The minimum absolute atomic E-state index is 0. The summed E-state index contributed by atoms with van der Waals surface area (Å²) >= 11 is 0. The highest BCUT2D eigenvalue weighted by molar-refractivity contribution is 5.91. The van der Waals surface area contributed by atoms with Gasteiger partial charge >= 0.3 is 0 Å². The Morgan fingerprint density at radius 2 is 1.96 bits per heavy atom. The van der Waals surface area contributed by atoms with Crippen molar-refractivity contribution in [2.24, 2.45) is 17.1 Å². The summed E-state index contributed by atoms with van der Waals surface area (Å²) in [4.78, 5) is 12.6. The van der Waals surface area contributed by atoms with Crippen LogP contribution in [0.3, 0.4) is 0 Å². The molecular weight excluding hydrogens is 376 g/mol. The monoisotopic (exact) mass is 410 g/mol. The van der Waals surface area contributed by atoms with Crippen molar-refractivity contribution in [3.63, 3.8) is 0 Å². The van der Waals surface area contributed by atoms with Crippen LogP contribution in [0.15, 0.2) is 18.2 Å². The number of hydrogen-bond donors (Lipinski definition) is 2. The van der Waals surface area contributed by atoms with E-state index >= 15 is 0 Å². The first-order valence-electron chi connectivity index (χ1n) is 10.4. The second-order valence-electron chi connectivity index (χ2n) is 8.34. The van der Waals surface area contributed by atoms with E-state index in [1.54, 1.807) is 0 Å². The molecule has 6 heteroatoms. The van der Waals surface area contributed by atoms with E-state index in [0.29, 0.717) is 25.5 Å². The zero-order valence-electron chi connectivity index (χ0n) is 17.0. The molecule has 1 saturated heterocycles. The number of carbonyl (C=O) groups excluding carboxylic acids is 1. The molecule has 1 aromatic carbocycles. The third-order valence-corrected chi connectivity index (χ3v) is 6.17. The van der Waals surface area contributed by atoms with E-state index in [1.165, 1.54) is 19.3 Å². The number of carbonyl (C=O) groups is 1. The summed E-state index contributed by atoms with van der Waals surface area (Å²) in [6.45, 7) is 4.99. The summed E-state index contributed by atoms with van der Waals surface area (Å²) < 4.78 is 11.5. The van der Waals surface area contributed by atoms with Crippen molar-refractivity contribution in [2.45, 2.75) is 58.3 Å². The third kappa shape index (κ3) is 6.36. The van der Waals surface area contributed by atoms with Crippen molar-refractivity contribution in [3.05, 3.63) is 23.8 Å². The van der Waals surface area contributed by atoms with Gasteiger partial charge in [0.1, 0.15) is 5.75 Å². The standard InChI is InChI=1S/C22H34N2O3.ClH/c1-17-5-6-19(13-20(17)27-15-18-7-11-26-12-8-18)24-21(25)14-22(16-23)9-3-2-4-10-22;/h5-6,13,18H,2-4,7-12,14-16,23H2,1H3,(H,24,25);1H. The maximum atomic E-state index is 12.6. The van der Waals surface area contributed by atoms with Crippen LogP contribution >= 0.6 is 12.4 Å². The molecule has 158 valence electrons. The number of nitrogens with two attached hydrogens (primary N) is 1. The highest BCUT2D eigenvalue weighted by Gasteiger charge is 2.33. The molecular formula is C22H35ClN2O3. The highest BCUT2D eigenvalue weighted by atomic mass is 35.5. The van der Waals surface area contributed by atoms with E-state index in [2.05, 4.69) is 5.32 Å². The van der Waals surface area contributed by atoms with Crippen molar-refractivity contribution in [2.75, 3.05) is 31.7 Å². The summed E-state index contributed by atoms with van der Waals surface area (Å²) in [6.07, 6.45) is 8.35. The van der Waals surface area contributed by atoms with Crippen LogP contribution in [0.1, 0.15) is 56.9 Å². The van der Waals surface area contributed by atoms with Gasteiger partial charge in [-0.2, -0.15) is 0 Å². The normalized spacial score (nSPS) is 19.5. The zero-order valence-corrected chi connectivity index (χ0v) is 17.8. The molecule has 2 fully saturated rings. The molecule has 1 aliphatic heterocycles. The first-order chi connectivity index (χ1) is 13.1. The van der Waals surface area contributed by atoms with Crippen LogP contribution in [0.2, 0.25) is 0 Å². The van der Waals surface area contributed by atoms with Crippen LogP contribution in [-0.2, 0) is 9.53 Å². The quantitative estimate of drug-likeness (QED) is 0.695. The van der Waals surface area contributed by atoms with E-state index in [4.69, 9.17) is 15.2 Å². The lowest BCUT2D eigenvalue weighted by Crippen LogP contribution is -2.36. The topological polar surface area (TPSA) is 73.6 Å². The molecule has 5 nitrogen and oxygen atoms in total. The van der Waals surface area contributed by atoms with Gasteiger partial charge in [-0.25, -0.2) is 0 Å². The molecule has 0 spiro atoms. The van der Waals surface area contributed by atoms with E-state index < -0.39 is 0 Å². The van der Waals surface area contributed by atoms with Crippen LogP contribution < -0.4 is 15.8 Å². The summed E-state index contributed by atoms with van der Waals surface area (Å²) in [5.41, 5.74) is 7.90. The van der Waals surface area contributed by atoms with Gasteiger partial charge in [-0.05, 0) is 62.1 Å². The molecule has 1 heterocycles. The molecule has 1 aliphatic carbocycles. The Labute approximate surface area is 175 Å². The van der Waals surface area contributed by atoms with Gasteiger partial charge in [0.25, 0.3) is 0 Å². The Balaban J connectivity index is 0.00000280.